The SMILES string of the molecule is CCOc1ccc(N2C(=O)N(CC(=O)Nc3cccc(C)c3)C3CS(=O)(=O)CC32)cc1. The number of carbonyl (C=O) groups is 2. The average Bonchev–Trinajstić information content (AvgIpc) is 3.13. The first-order chi connectivity index (χ1) is 14.8. The van der Waals surface area contributed by atoms with Crippen molar-refractivity contribution in [3.8, 4) is 5.75 Å². The lowest BCUT2D eigenvalue weighted by atomic mass is 10.1. The smallest absolute Gasteiger partial charge is 0.325 e. The van der Waals surface area contributed by atoms with Gasteiger partial charge in [0.2, 0.25) is 5.91 Å². The Hall–Kier alpha value is -3.07. The highest BCUT2D eigenvalue weighted by Crippen LogP contribution is 2.35. The van der Waals surface area contributed by atoms with Crippen LogP contribution in [0.15, 0.2) is 48.5 Å². The number of fused-ring (bicyclic) bond motifs is 1. The zero-order chi connectivity index (χ0) is 22.2. The van der Waals surface area contributed by atoms with Crippen molar-refractivity contribution >= 4 is 33.2 Å². The standard InChI is InChI=1S/C22H25N3O5S/c1-3-30-18-9-7-17(8-10-18)25-20-14-31(28,29)13-19(20)24(22(25)27)12-21(26)23-16-6-4-5-15(2)11-16/h4-11,19-20H,3,12-14H2,1-2H3,(H,23,26). The third-order valence-corrected chi connectivity index (χ3v) is 7.22. The molecule has 2 atom stereocenters. The van der Waals surface area contributed by atoms with Crippen LogP contribution >= 0.6 is 0 Å². The van der Waals surface area contributed by atoms with Gasteiger partial charge in [-0.1, -0.05) is 12.1 Å². The summed E-state index contributed by atoms with van der Waals surface area (Å²) in [6, 6.07) is 12.9. The molecule has 1 N–H and O–H groups in total. The minimum Gasteiger partial charge on any atom is -0.494 e. The third-order valence-electron chi connectivity index (χ3n) is 5.52. The summed E-state index contributed by atoms with van der Waals surface area (Å²) in [5.41, 5.74) is 2.22. The van der Waals surface area contributed by atoms with E-state index in [9.17, 15) is 18.0 Å². The molecule has 3 amide bonds. The molecule has 2 unspecified atom stereocenters. The van der Waals surface area contributed by atoms with Crippen LogP contribution in [0.5, 0.6) is 5.75 Å². The fourth-order valence-electron chi connectivity index (χ4n) is 4.21. The molecule has 2 aromatic carbocycles. The number of urea groups is 1. The van der Waals surface area contributed by atoms with E-state index in [0.29, 0.717) is 23.7 Å². The van der Waals surface area contributed by atoms with Crippen LogP contribution in [0.1, 0.15) is 12.5 Å². The van der Waals surface area contributed by atoms with Crippen LogP contribution in [-0.4, -0.2) is 62.0 Å². The number of sulfone groups is 1. The Balaban J connectivity index is 1.56. The fourth-order valence-corrected chi connectivity index (χ4v) is 6.16. The molecule has 2 aliphatic heterocycles. The van der Waals surface area contributed by atoms with Gasteiger partial charge < -0.3 is 15.0 Å². The van der Waals surface area contributed by atoms with Crippen molar-refractivity contribution in [3.05, 3.63) is 54.1 Å². The van der Waals surface area contributed by atoms with Crippen LogP contribution in [-0.2, 0) is 14.6 Å². The third kappa shape index (κ3) is 4.36. The van der Waals surface area contributed by atoms with Gasteiger partial charge in [0.1, 0.15) is 12.3 Å². The second-order valence-electron chi connectivity index (χ2n) is 7.84. The topological polar surface area (TPSA) is 96.0 Å². The lowest BCUT2D eigenvalue weighted by Gasteiger charge is -2.22. The molecular weight excluding hydrogens is 418 g/mol. The van der Waals surface area contributed by atoms with Crippen molar-refractivity contribution in [2.24, 2.45) is 0 Å². The Morgan fingerprint density at radius 3 is 2.52 bits per heavy atom. The lowest BCUT2D eigenvalue weighted by Crippen LogP contribution is -2.42. The average molecular weight is 444 g/mol. The maximum atomic E-state index is 13.2. The molecule has 2 heterocycles. The van der Waals surface area contributed by atoms with Crippen LogP contribution in [0.3, 0.4) is 0 Å². The summed E-state index contributed by atoms with van der Waals surface area (Å²) in [5.74, 6) is 0.0415. The predicted octanol–water partition coefficient (Wildman–Crippen LogP) is 2.44. The summed E-state index contributed by atoms with van der Waals surface area (Å²) in [6.07, 6.45) is 0. The van der Waals surface area contributed by atoms with E-state index in [-0.39, 0.29) is 30.0 Å². The first-order valence-corrected chi connectivity index (χ1v) is 12.0. The van der Waals surface area contributed by atoms with Gasteiger partial charge in [-0.25, -0.2) is 13.2 Å². The first kappa shape index (κ1) is 21.2. The zero-order valence-corrected chi connectivity index (χ0v) is 18.3. The Bertz CT molecular complexity index is 1100. The minimum absolute atomic E-state index is 0.118. The zero-order valence-electron chi connectivity index (χ0n) is 17.4. The number of carbonyl (C=O) groups excluding carboxylic acids is 2. The van der Waals surface area contributed by atoms with E-state index in [2.05, 4.69) is 5.32 Å². The molecule has 4 rings (SSSR count). The normalized spacial score (nSPS) is 21.8. The molecule has 8 nitrogen and oxygen atoms in total. The van der Waals surface area contributed by atoms with Crippen LogP contribution in [0, 0.1) is 6.92 Å². The van der Waals surface area contributed by atoms with Gasteiger partial charge in [0.15, 0.2) is 9.84 Å². The first-order valence-electron chi connectivity index (χ1n) is 10.2. The molecule has 2 aromatic rings. The number of ether oxygens (including phenoxy) is 1. The van der Waals surface area contributed by atoms with Crippen molar-refractivity contribution in [1.29, 1.82) is 0 Å². The van der Waals surface area contributed by atoms with Gasteiger partial charge in [-0.3, -0.25) is 9.69 Å². The molecule has 0 spiro atoms. The van der Waals surface area contributed by atoms with Crippen molar-refractivity contribution in [3.63, 3.8) is 0 Å². The highest BCUT2D eigenvalue weighted by molar-refractivity contribution is 7.91. The Morgan fingerprint density at radius 1 is 1.13 bits per heavy atom. The maximum Gasteiger partial charge on any atom is 0.325 e. The van der Waals surface area contributed by atoms with E-state index in [0.717, 1.165) is 5.56 Å². The summed E-state index contributed by atoms with van der Waals surface area (Å²) >= 11 is 0. The van der Waals surface area contributed by atoms with Gasteiger partial charge in [0, 0.05) is 11.4 Å². The van der Waals surface area contributed by atoms with Crippen LogP contribution in [0.25, 0.3) is 0 Å². The van der Waals surface area contributed by atoms with Crippen LogP contribution in [0.4, 0.5) is 16.2 Å². The van der Waals surface area contributed by atoms with E-state index in [1.54, 1.807) is 30.3 Å². The Morgan fingerprint density at radius 2 is 1.84 bits per heavy atom. The molecule has 2 fully saturated rings. The molecule has 2 aliphatic rings. The van der Waals surface area contributed by atoms with Crippen molar-refractivity contribution in [1.82, 2.24) is 4.90 Å². The number of aryl methyl sites for hydroxylation is 1. The Kier molecular flexibility index (Phi) is 5.62. The molecule has 0 aromatic heterocycles. The molecule has 0 aliphatic carbocycles. The maximum absolute atomic E-state index is 13.2. The molecule has 31 heavy (non-hydrogen) atoms. The van der Waals surface area contributed by atoms with Crippen molar-refractivity contribution in [2.75, 3.05) is 34.9 Å². The Labute approximate surface area is 181 Å². The van der Waals surface area contributed by atoms with E-state index < -0.39 is 21.9 Å². The van der Waals surface area contributed by atoms with Gasteiger partial charge in [0.05, 0.1) is 30.2 Å². The predicted molar refractivity (Wildman–Crippen MR) is 118 cm³/mol. The molecular formula is C22H25N3O5S. The van der Waals surface area contributed by atoms with Crippen LogP contribution in [0.2, 0.25) is 0 Å². The second kappa shape index (κ2) is 8.22. The van der Waals surface area contributed by atoms with Gasteiger partial charge in [-0.2, -0.15) is 0 Å². The summed E-state index contributed by atoms with van der Waals surface area (Å²) in [7, 11) is -3.31. The second-order valence-corrected chi connectivity index (χ2v) is 9.99. The van der Waals surface area contributed by atoms with E-state index in [4.69, 9.17) is 4.74 Å². The van der Waals surface area contributed by atoms with E-state index in [1.165, 1.54) is 9.80 Å². The number of benzene rings is 2. The van der Waals surface area contributed by atoms with Crippen molar-refractivity contribution in [2.45, 2.75) is 25.9 Å². The highest BCUT2D eigenvalue weighted by atomic mass is 32.2. The molecule has 9 heteroatoms. The largest absolute Gasteiger partial charge is 0.494 e. The van der Waals surface area contributed by atoms with E-state index in [1.807, 2.05) is 32.0 Å². The molecule has 0 bridgehead atoms. The summed E-state index contributed by atoms with van der Waals surface area (Å²) in [4.78, 5) is 28.7. The number of hydrogen-bond donors (Lipinski definition) is 1. The number of hydrogen-bond acceptors (Lipinski definition) is 5. The number of rotatable bonds is 6. The van der Waals surface area contributed by atoms with Gasteiger partial charge in [0.25, 0.3) is 0 Å². The molecule has 0 radical (unpaired) electrons. The number of nitrogens with zero attached hydrogens (tertiary/aromatic N) is 2. The monoisotopic (exact) mass is 443 g/mol. The summed E-state index contributed by atoms with van der Waals surface area (Å²) in [5, 5.41) is 2.79. The molecule has 164 valence electrons. The lowest BCUT2D eigenvalue weighted by molar-refractivity contribution is -0.116. The van der Waals surface area contributed by atoms with Gasteiger partial charge in [-0.15, -0.1) is 0 Å². The molecule has 0 saturated carbocycles. The summed E-state index contributed by atoms with van der Waals surface area (Å²) in [6.45, 7) is 4.11. The molecule has 2 saturated heterocycles. The van der Waals surface area contributed by atoms with Crippen LogP contribution < -0.4 is 15.0 Å². The van der Waals surface area contributed by atoms with E-state index >= 15 is 0 Å². The number of anilines is 2. The number of nitrogens with one attached hydrogen (secondary N) is 1. The number of amides is 3. The summed E-state index contributed by atoms with van der Waals surface area (Å²) < 4.78 is 30.1. The van der Waals surface area contributed by atoms with Gasteiger partial charge in [-0.05, 0) is 55.8 Å². The van der Waals surface area contributed by atoms with Gasteiger partial charge >= 0.3 is 6.03 Å². The quantitative estimate of drug-likeness (QED) is 0.692. The minimum atomic E-state index is -3.31. The highest BCUT2D eigenvalue weighted by Gasteiger charge is 2.54. The fraction of sp³-hybridized carbons (Fsp3) is 0.364. The van der Waals surface area contributed by atoms with Crippen molar-refractivity contribution < 1.29 is 22.7 Å².